The van der Waals surface area contributed by atoms with Crippen molar-refractivity contribution >= 4 is 0 Å². The molecule has 0 aromatic heterocycles. The van der Waals surface area contributed by atoms with E-state index in [0.717, 1.165) is 38.6 Å². The fraction of sp³-hybridized carbons (Fsp3) is 0.600. The van der Waals surface area contributed by atoms with Crippen molar-refractivity contribution in [1.82, 2.24) is 0 Å². The van der Waals surface area contributed by atoms with E-state index in [1.807, 2.05) is 0 Å². The minimum Gasteiger partial charge on any atom is -0.376 e. The van der Waals surface area contributed by atoms with Crippen molar-refractivity contribution in [3.8, 4) is 0 Å². The first-order chi connectivity index (χ1) is 11.6. The van der Waals surface area contributed by atoms with Crippen LogP contribution in [0.25, 0.3) is 0 Å². The highest BCUT2D eigenvalue weighted by Crippen LogP contribution is 2.51. The number of benzene rings is 1. The first-order valence-corrected chi connectivity index (χ1v) is 7.28. The standard InChI is InChI=1S/C9H6F6O.C6H10O3/c10-7(8(11,12)13,9(14,15)16)6-4-2-1-3-5-6;1(5-3-8-5)7-2-6-4-9-6/h1-5,16H;5-6H,1-4H2. The highest BCUT2D eigenvalue weighted by molar-refractivity contribution is 5.26. The average Bonchev–Trinajstić information content (AvgIpc) is 3.41. The Morgan fingerprint density at radius 1 is 0.920 bits per heavy atom. The van der Waals surface area contributed by atoms with Gasteiger partial charge in [0.2, 0.25) is 0 Å². The maximum atomic E-state index is 13.4. The van der Waals surface area contributed by atoms with Gasteiger partial charge in [0.15, 0.2) is 0 Å². The zero-order chi connectivity index (χ0) is 18.7. The maximum Gasteiger partial charge on any atom is 0.435 e. The molecule has 0 spiro atoms. The topological polar surface area (TPSA) is 54.5 Å². The highest BCUT2D eigenvalue weighted by Gasteiger charge is 2.72. The van der Waals surface area contributed by atoms with E-state index in [1.54, 1.807) is 0 Å². The lowest BCUT2D eigenvalue weighted by Crippen LogP contribution is -2.52. The molecule has 0 amide bonds. The van der Waals surface area contributed by atoms with E-state index in [2.05, 4.69) is 0 Å². The second-order valence-electron chi connectivity index (χ2n) is 5.51. The first kappa shape index (κ1) is 20.0. The van der Waals surface area contributed by atoms with Gasteiger partial charge in [0.1, 0.15) is 12.2 Å². The Morgan fingerprint density at radius 2 is 1.36 bits per heavy atom. The van der Waals surface area contributed by atoms with Crippen LogP contribution < -0.4 is 0 Å². The summed E-state index contributed by atoms with van der Waals surface area (Å²) in [6.45, 7) is 3.26. The van der Waals surface area contributed by atoms with Gasteiger partial charge in [-0.1, -0.05) is 30.3 Å². The lowest BCUT2D eigenvalue weighted by Gasteiger charge is -2.31. The number of rotatable bonds is 6. The molecule has 2 fully saturated rings. The molecule has 142 valence electrons. The molecule has 1 N–H and O–H groups in total. The van der Waals surface area contributed by atoms with Gasteiger partial charge < -0.3 is 19.3 Å². The molecule has 2 aliphatic heterocycles. The van der Waals surface area contributed by atoms with Crippen LogP contribution in [0, 0.1) is 0 Å². The van der Waals surface area contributed by atoms with E-state index < -0.39 is 23.5 Å². The van der Waals surface area contributed by atoms with Crippen LogP contribution in [-0.4, -0.2) is 56.0 Å². The third-order valence-corrected chi connectivity index (χ3v) is 3.39. The molecular weight excluding hydrogens is 358 g/mol. The Morgan fingerprint density at radius 3 is 1.68 bits per heavy atom. The van der Waals surface area contributed by atoms with Crippen LogP contribution in [0.1, 0.15) is 5.56 Å². The van der Waals surface area contributed by atoms with Crippen LogP contribution in [0.15, 0.2) is 30.3 Å². The SMILES string of the molecule is C(OCC1CO1)C1CO1.OC(F)(F)C(F)(c1ccccc1)C(F)(F)F. The Labute approximate surface area is 139 Å². The fourth-order valence-electron chi connectivity index (χ4n) is 1.84. The Bertz CT molecular complexity index is 511. The number of hydrogen-bond acceptors (Lipinski definition) is 4. The van der Waals surface area contributed by atoms with E-state index in [0.29, 0.717) is 24.3 Å². The number of ether oxygens (including phenoxy) is 3. The molecule has 0 saturated carbocycles. The summed E-state index contributed by atoms with van der Waals surface area (Å²) in [6.07, 6.45) is -10.7. The summed E-state index contributed by atoms with van der Waals surface area (Å²) < 4.78 is 90.2. The third-order valence-electron chi connectivity index (χ3n) is 3.39. The van der Waals surface area contributed by atoms with E-state index in [4.69, 9.17) is 19.3 Å². The summed E-state index contributed by atoms with van der Waals surface area (Å²) in [5, 5.41) is 8.10. The summed E-state index contributed by atoms with van der Waals surface area (Å²) in [6, 6.07) is 4.20. The van der Waals surface area contributed by atoms with Crippen LogP contribution in [0.3, 0.4) is 0 Å². The number of alkyl halides is 6. The zero-order valence-electron chi connectivity index (χ0n) is 12.8. The number of hydrogen-bond donors (Lipinski definition) is 1. The summed E-state index contributed by atoms with van der Waals surface area (Å²) in [5.74, 6) is 0. The number of epoxide rings is 2. The predicted molar refractivity (Wildman–Crippen MR) is 72.7 cm³/mol. The molecule has 0 radical (unpaired) electrons. The van der Waals surface area contributed by atoms with Gasteiger partial charge in [-0.2, -0.15) is 22.0 Å². The van der Waals surface area contributed by atoms with E-state index in [1.165, 1.54) is 6.07 Å². The van der Waals surface area contributed by atoms with Crippen LogP contribution in [0.5, 0.6) is 0 Å². The molecule has 0 aliphatic carbocycles. The normalized spacial score (nSPS) is 24.8. The minimum atomic E-state index is -5.92. The molecule has 0 bridgehead atoms. The van der Waals surface area contributed by atoms with Crippen LogP contribution >= 0.6 is 0 Å². The lowest BCUT2D eigenvalue weighted by atomic mass is 9.94. The highest BCUT2D eigenvalue weighted by atomic mass is 19.4. The Hall–Kier alpha value is -1.36. The van der Waals surface area contributed by atoms with Gasteiger partial charge in [0, 0.05) is 5.56 Å². The molecule has 3 atom stereocenters. The molecule has 2 aliphatic rings. The fourth-order valence-corrected chi connectivity index (χ4v) is 1.84. The van der Waals surface area contributed by atoms with Crippen molar-refractivity contribution in [3.63, 3.8) is 0 Å². The zero-order valence-corrected chi connectivity index (χ0v) is 12.8. The van der Waals surface area contributed by atoms with Gasteiger partial charge in [-0.25, -0.2) is 4.39 Å². The third kappa shape index (κ3) is 5.30. The second kappa shape index (κ2) is 7.48. The van der Waals surface area contributed by atoms with Crippen LogP contribution in [0.4, 0.5) is 26.3 Å². The van der Waals surface area contributed by atoms with Gasteiger partial charge in [0.25, 0.3) is 0 Å². The second-order valence-corrected chi connectivity index (χ2v) is 5.51. The molecule has 2 heterocycles. The molecule has 3 rings (SSSR count). The molecule has 10 heteroatoms. The quantitative estimate of drug-likeness (QED) is 0.615. The van der Waals surface area contributed by atoms with Gasteiger partial charge in [-0.3, -0.25) is 0 Å². The van der Waals surface area contributed by atoms with Crippen LogP contribution in [-0.2, 0) is 19.9 Å². The molecule has 3 unspecified atom stereocenters. The summed E-state index contributed by atoms with van der Waals surface area (Å²) in [7, 11) is 0. The van der Waals surface area contributed by atoms with Crippen molar-refractivity contribution in [3.05, 3.63) is 35.9 Å². The molecule has 2 saturated heterocycles. The number of aliphatic hydroxyl groups is 1. The van der Waals surface area contributed by atoms with Gasteiger partial charge in [-0.15, -0.1) is 0 Å². The van der Waals surface area contributed by atoms with Crippen molar-refractivity contribution in [1.29, 1.82) is 0 Å². The first-order valence-electron chi connectivity index (χ1n) is 7.28. The molecule has 1 aromatic rings. The van der Waals surface area contributed by atoms with Crippen molar-refractivity contribution in [2.45, 2.75) is 30.2 Å². The van der Waals surface area contributed by atoms with Gasteiger partial charge in [0.05, 0.1) is 26.4 Å². The summed E-state index contributed by atoms with van der Waals surface area (Å²) in [5.41, 5.74) is -6.46. The predicted octanol–water partition coefficient (Wildman–Crippen LogP) is 2.80. The van der Waals surface area contributed by atoms with Crippen molar-refractivity contribution < 1.29 is 45.7 Å². The maximum absolute atomic E-state index is 13.4. The molecule has 25 heavy (non-hydrogen) atoms. The Balaban J connectivity index is 0.000000208. The van der Waals surface area contributed by atoms with E-state index in [-0.39, 0.29) is 0 Å². The lowest BCUT2D eigenvalue weighted by molar-refractivity contribution is -0.375. The Kier molecular flexibility index (Phi) is 5.97. The van der Waals surface area contributed by atoms with Gasteiger partial charge in [-0.05, 0) is 0 Å². The monoisotopic (exact) mass is 374 g/mol. The number of halogens is 6. The minimum absolute atomic E-state index is 0.392. The van der Waals surface area contributed by atoms with E-state index >= 15 is 0 Å². The van der Waals surface area contributed by atoms with Crippen LogP contribution in [0.2, 0.25) is 0 Å². The van der Waals surface area contributed by atoms with Gasteiger partial charge >= 0.3 is 18.0 Å². The largest absolute Gasteiger partial charge is 0.435 e. The van der Waals surface area contributed by atoms with Crippen molar-refractivity contribution in [2.75, 3.05) is 26.4 Å². The summed E-state index contributed by atoms with van der Waals surface area (Å²) in [4.78, 5) is 0. The average molecular weight is 374 g/mol. The molecule has 4 nitrogen and oxygen atoms in total. The smallest absolute Gasteiger partial charge is 0.376 e. The van der Waals surface area contributed by atoms with Crippen molar-refractivity contribution in [2.24, 2.45) is 0 Å². The summed E-state index contributed by atoms with van der Waals surface area (Å²) >= 11 is 0. The molecular formula is C15H16F6O4. The van der Waals surface area contributed by atoms with E-state index in [9.17, 15) is 26.3 Å². The molecule has 1 aromatic carbocycles.